The summed E-state index contributed by atoms with van der Waals surface area (Å²) >= 11 is 0. The number of carbonyl (C=O) groups excluding carboxylic acids is 1. The first-order valence-electron chi connectivity index (χ1n) is 7.27. The Bertz CT molecular complexity index is 658. The number of carbonyl (C=O) groups is 1. The van der Waals surface area contributed by atoms with E-state index in [4.69, 9.17) is 4.74 Å². The number of hydrogen-bond donors (Lipinski definition) is 0. The summed E-state index contributed by atoms with van der Waals surface area (Å²) in [6.07, 6.45) is 3.27. The summed E-state index contributed by atoms with van der Waals surface area (Å²) in [6, 6.07) is 7.48. The molecule has 1 aromatic carbocycles. The van der Waals surface area contributed by atoms with Crippen molar-refractivity contribution in [3.63, 3.8) is 0 Å². The second-order valence-electron chi connectivity index (χ2n) is 5.03. The van der Waals surface area contributed by atoms with E-state index in [0.717, 1.165) is 16.6 Å². The van der Waals surface area contributed by atoms with Gasteiger partial charge in [0.15, 0.2) is 6.61 Å². The molecule has 2 aromatic rings. The summed E-state index contributed by atoms with van der Waals surface area (Å²) < 4.78 is 31.8. The van der Waals surface area contributed by atoms with Crippen LogP contribution in [0.25, 0.3) is 0 Å². The van der Waals surface area contributed by atoms with Crippen LogP contribution in [-0.4, -0.2) is 34.0 Å². The number of ether oxygens (including phenoxy) is 1. The molecular formula is C16H19F2N3O2. The van der Waals surface area contributed by atoms with Crippen molar-refractivity contribution in [2.24, 2.45) is 0 Å². The smallest absolute Gasteiger partial charge is 0.319 e. The van der Waals surface area contributed by atoms with Crippen molar-refractivity contribution in [1.82, 2.24) is 14.5 Å². The van der Waals surface area contributed by atoms with Gasteiger partial charge in [0, 0.05) is 19.4 Å². The molecule has 0 spiro atoms. The lowest BCUT2D eigenvalue weighted by molar-refractivity contribution is -0.132. The number of amides is 1. The van der Waals surface area contributed by atoms with Crippen LogP contribution >= 0.6 is 0 Å². The molecule has 124 valence electrons. The number of rotatable bonds is 7. The van der Waals surface area contributed by atoms with Crippen molar-refractivity contribution in [2.75, 3.05) is 13.7 Å². The van der Waals surface area contributed by atoms with Crippen LogP contribution in [0.4, 0.5) is 8.78 Å². The molecule has 7 heteroatoms. The molecule has 0 N–H and O–H groups in total. The molecule has 0 saturated carbocycles. The average molecular weight is 323 g/mol. The highest BCUT2D eigenvalue weighted by Crippen LogP contribution is 2.18. The molecule has 1 heterocycles. The summed E-state index contributed by atoms with van der Waals surface area (Å²) in [7, 11) is 1.53. The van der Waals surface area contributed by atoms with E-state index >= 15 is 0 Å². The van der Waals surface area contributed by atoms with Crippen LogP contribution in [0.2, 0.25) is 0 Å². The van der Waals surface area contributed by atoms with Gasteiger partial charge in [0.1, 0.15) is 11.6 Å². The number of benzene rings is 1. The molecule has 0 unspecified atom stereocenters. The highest BCUT2D eigenvalue weighted by atomic mass is 19.3. The third-order valence-electron chi connectivity index (χ3n) is 3.47. The summed E-state index contributed by atoms with van der Waals surface area (Å²) in [5.41, 5.74) is 1.01. The zero-order valence-electron chi connectivity index (χ0n) is 13.1. The second kappa shape index (κ2) is 7.71. The van der Waals surface area contributed by atoms with Gasteiger partial charge in [-0.1, -0.05) is 25.1 Å². The van der Waals surface area contributed by atoms with Gasteiger partial charge < -0.3 is 9.64 Å². The van der Waals surface area contributed by atoms with E-state index < -0.39 is 6.55 Å². The fourth-order valence-electron chi connectivity index (χ4n) is 2.13. The van der Waals surface area contributed by atoms with Gasteiger partial charge in [-0.25, -0.2) is 4.98 Å². The summed E-state index contributed by atoms with van der Waals surface area (Å²) in [5, 5.41) is 0. The largest absolute Gasteiger partial charge is 0.483 e. The Morgan fingerprint density at radius 2 is 2.13 bits per heavy atom. The maximum atomic E-state index is 12.8. The molecule has 2 rings (SSSR count). The van der Waals surface area contributed by atoms with Crippen LogP contribution in [-0.2, 0) is 17.8 Å². The van der Waals surface area contributed by atoms with Crippen LogP contribution in [0, 0.1) is 0 Å². The van der Waals surface area contributed by atoms with Crippen molar-refractivity contribution in [1.29, 1.82) is 0 Å². The first kappa shape index (κ1) is 16.9. The molecule has 0 bridgehead atoms. The van der Waals surface area contributed by atoms with Crippen molar-refractivity contribution in [3.8, 4) is 5.75 Å². The number of imidazole rings is 1. The fraction of sp³-hybridized carbons (Fsp3) is 0.375. The van der Waals surface area contributed by atoms with Gasteiger partial charge >= 0.3 is 6.55 Å². The normalized spacial score (nSPS) is 10.8. The van der Waals surface area contributed by atoms with E-state index in [2.05, 4.69) is 4.98 Å². The Hall–Kier alpha value is -2.44. The molecule has 0 aliphatic carbocycles. The predicted octanol–water partition coefficient (Wildman–Crippen LogP) is 2.88. The SMILES string of the molecule is CCc1ccccc1OCC(=O)N(C)Cc1nccn1C(F)F. The van der Waals surface area contributed by atoms with Gasteiger partial charge in [-0.15, -0.1) is 0 Å². The Morgan fingerprint density at radius 3 is 2.83 bits per heavy atom. The number of aryl methyl sites for hydroxylation is 1. The van der Waals surface area contributed by atoms with Gasteiger partial charge in [0.05, 0.1) is 6.54 Å². The van der Waals surface area contributed by atoms with Crippen LogP contribution in [0.5, 0.6) is 5.75 Å². The Morgan fingerprint density at radius 1 is 1.39 bits per heavy atom. The van der Waals surface area contributed by atoms with Crippen LogP contribution in [0.1, 0.15) is 24.9 Å². The predicted molar refractivity (Wildman–Crippen MR) is 81.3 cm³/mol. The number of likely N-dealkylation sites (N-methyl/N-ethyl adjacent to an activating group) is 1. The average Bonchev–Trinajstić information content (AvgIpc) is 3.01. The lowest BCUT2D eigenvalue weighted by Crippen LogP contribution is -2.32. The number of halogens is 2. The lowest BCUT2D eigenvalue weighted by Gasteiger charge is -2.18. The van der Waals surface area contributed by atoms with Gasteiger partial charge in [-0.2, -0.15) is 8.78 Å². The highest BCUT2D eigenvalue weighted by Gasteiger charge is 2.16. The molecule has 0 aliphatic heterocycles. The Labute approximate surface area is 133 Å². The molecule has 0 saturated heterocycles. The number of para-hydroxylation sites is 1. The second-order valence-corrected chi connectivity index (χ2v) is 5.03. The Kier molecular flexibility index (Phi) is 5.67. The topological polar surface area (TPSA) is 47.4 Å². The first-order valence-corrected chi connectivity index (χ1v) is 7.27. The fourth-order valence-corrected chi connectivity index (χ4v) is 2.13. The third-order valence-corrected chi connectivity index (χ3v) is 3.47. The molecule has 5 nitrogen and oxygen atoms in total. The number of hydrogen-bond acceptors (Lipinski definition) is 3. The molecule has 1 amide bonds. The van der Waals surface area contributed by atoms with Crippen molar-refractivity contribution >= 4 is 5.91 Å². The van der Waals surface area contributed by atoms with E-state index in [1.165, 1.54) is 24.3 Å². The van der Waals surface area contributed by atoms with Crippen LogP contribution in [0.3, 0.4) is 0 Å². The van der Waals surface area contributed by atoms with Crippen molar-refractivity contribution in [3.05, 3.63) is 48.0 Å². The van der Waals surface area contributed by atoms with Gasteiger partial charge in [-0.05, 0) is 18.1 Å². The molecule has 23 heavy (non-hydrogen) atoms. The number of aromatic nitrogens is 2. The number of alkyl halides is 2. The molecular weight excluding hydrogens is 304 g/mol. The van der Waals surface area contributed by atoms with Crippen molar-refractivity contribution < 1.29 is 18.3 Å². The van der Waals surface area contributed by atoms with E-state index in [1.807, 2.05) is 25.1 Å². The molecule has 0 radical (unpaired) electrons. The van der Waals surface area contributed by atoms with E-state index in [1.54, 1.807) is 6.07 Å². The zero-order chi connectivity index (χ0) is 16.8. The lowest BCUT2D eigenvalue weighted by atomic mass is 10.1. The molecule has 0 atom stereocenters. The minimum absolute atomic E-state index is 0.00500. The minimum atomic E-state index is -2.68. The van der Waals surface area contributed by atoms with Gasteiger partial charge in [0.2, 0.25) is 0 Å². The standard InChI is InChI=1S/C16H19F2N3O2/c1-3-12-6-4-5-7-13(12)23-11-15(22)20(2)10-14-19-8-9-21(14)16(17)18/h4-9,16H,3,10-11H2,1-2H3. The number of nitrogens with zero attached hydrogens (tertiary/aromatic N) is 3. The Balaban J connectivity index is 1.94. The minimum Gasteiger partial charge on any atom is -0.483 e. The molecule has 0 fully saturated rings. The van der Waals surface area contributed by atoms with Gasteiger partial charge in [-0.3, -0.25) is 9.36 Å². The van der Waals surface area contributed by atoms with Gasteiger partial charge in [0.25, 0.3) is 5.91 Å². The van der Waals surface area contributed by atoms with E-state index in [-0.39, 0.29) is 24.9 Å². The monoisotopic (exact) mass is 323 g/mol. The maximum Gasteiger partial charge on any atom is 0.319 e. The van der Waals surface area contributed by atoms with E-state index in [0.29, 0.717) is 5.75 Å². The molecule has 0 aliphatic rings. The van der Waals surface area contributed by atoms with Crippen molar-refractivity contribution in [2.45, 2.75) is 26.4 Å². The maximum absolute atomic E-state index is 12.8. The highest BCUT2D eigenvalue weighted by molar-refractivity contribution is 5.77. The van der Waals surface area contributed by atoms with E-state index in [9.17, 15) is 13.6 Å². The summed E-state index contributed by atoms with van der Waals surface area (Å²) in [5.74, 6) is 0.482. The first-order chi connectivity index (χ1) is 11.0. The quantitative estimate of drug-likeness (QED) is 0.787. The summed E-state index contributed by atoms with van der Waals surface area (Å²) in [6.45, 7) is -0.832. The van der Waals surface area contributed by atoms with Crippen LogP contribution in [0.15, 0.2) is 36.7 Å². The van der Waals surface area contributed by atoms with Crippen LogP contribution < -0.4 is 4.74 Å². The summed E-state index contributed by atoms with van der Waals surface area (Å²) in [4.78, 5) is 17.3. The zero-order valence-corrected chi connectivity index (χ0v) is 13.1. The third kappa shape index (κ3) is 4.28. The molecule has 1 aromatic heterocycles.